The smallest absolute Gasteiger partial charge is 0.123 e. The molecule has 0 radical (unpaired) electrons. The van der Waals surface area contributed by atoms with E-state index in [0.29, 0.717) is 6.61 Å². The Morgan fingerprint density at radius 2 is 2.40 bits per heavy atom. The fraction of sp³-hybridized carbons (Fsp3) is 0.500. The predicted octanol–water partition coefficient (Wildman–Crippen LogP) is 1.75. The highest BCUT2D eigenvalue weighted by atomic mass is 19.1. The monoisotopic (exact) mass is 209 g/mol. The Kier molecular flexibility index (Phi) is 3.03. The van der Waals surface area contributed by atoms with Crippen molar-refractivity contribution in [1.29, 1.82) is 0 Å². The molecule has 1 heterocycles. The van der Waals surface area contributed by atoms with Crippen molar-refractivity contribution in [2.75, 3.05) is 19.8 Å². The van der Waals surface area contributed by atoms with Gasteiger partial charge < -0.3 is 10.1 Å². The summed E-state index contributed by atoms with van der Waals surface area (Å²) in [6, 6.07) is 6.75. The molecule has 3 heteroatoms. The van der Waals surface area contributed by atoms with Gasteiger partial charge in [0.25, 0.3) is 0 Å². The molecule has 1 aromatic carbocycles. The van der Waals surface area contributed by atoms with E-state index in [1.165, 1.54) is 6.07 Å². The lowest BCUT2D eigenvalue weighted by molar-refractivity contribution is 0.0355. The number of benzene rings is 1. The van der Waals surface area contributed by atoms with Crippen molar-refractivity contribution in [2.45, 2.75) is 18.9 Å². The van der Waals surface area contributed by atoms with Gasteiger partial charge in [-0.25, -0.2) is 4.39 Å². The van der Waals surface area contributed by atoms with Gasteiger partial charge in [-0.1, -0.05) is 12.1 Å². The van der Waals surface area contributed by atoms with Crippen molar-refractivity contribution >= 4 is 0 Å². The van der Waals surface area contributed by atoms with Gasteiger partial charge in [0.15, 0.2) is 0 Å². The molecular weight excluding hydrogens is 193 g/mol. The van der Waals surface area contributed by atoms with Crippen LogP contribution in [-0.4, -0.2) is 25.3 Å². The van der Waals surface area contributed by atoms with E-state index < -0.39 is 0 Å². The van der Waals surface area contributed by atoms with E-state index >= 15 is 0 Å². The second kappa shape index (κ2) is 4.29. The molecule has 2 rings (SSSR count). The van der Waals surface area contributed by atoms with Crippen LogP contribution in [0, 0.1) is 5.82 Å². The van der Waals surface area contributed by atoms with Gasteiger partial charge in [0.1, 0.15) is 5.82 Å². The summed E-state index contributed by atoms with van der Waals surface area (Å²) in [6.45, 7) is 4.42. The molecule has 1 aliphatic rings. The Labute approximate surface area is 89.4 Å². The summed E-state index contributed by atoms with van der Waals surface area (Å²) >= 11 is 0. The molecular formula is C12H16FNO. The van der Waals surface area contributed by atoms with E-state index in [1.807, 2.05) is 6.07 Å². The summed E-state index contributed by atoms with van der Waals surface area (Å²) in [5.41, 5.74) is 0.946. The number of hydrogen-bond acceptors (Lipinski definition) is 2. The Morgan fingerprint density at radius 3 is 3.07 bits per heavy atom. The zero-order valence-corrected chi connectivity index (χ0v) is 8.92. The minimum Gasteiger partial charge on any atom is -0.378 e. The highest BCUT2D eigenvalue weighted by molar-refractivity contribution is 5.19. The van der Waals surface area contributed by atoms with Crippen LogP contribution >= 0.6 is 0 Å². The lowest BCUT2D eigenvalue weighted by Gasteiger charge is -2.35. The normalized spacial score (nSPS) is 26.5. The van der Waals surface area contributed by atoms with E-state index in [1.54, 1.807) is 12.1 Å². The SMILES string of the molecule is CC1(Cc2cccc(F)c2)COCCN1. The third-order valence-electron chi connectivity index (χ3n) is 2.70. The molecule has 1 unspecified atom stereocenters. The Bertz CT molecular complexity index is 334. The van der Waals surface area contributed by atoms with Gasteiger partial charge >= 0.3 is 0 Å². The van der Waals surface area contributed by atoms with Gasteiger partial charge in [0, 0.05) is 12.1 Å². The van der Waals surface area contributed by atoms with E-state index in [2.05, 4.69) is 12.2 Å². The van der Waals surface area contributed by atoms with Crippen molar-refractivity contribution in [2.24, 2.45) is 0 Å². The van der Waals surface area contributed by atoms with Gasteiger partial charge in [-0.15, -0.1) is 0 Å². The highest BCUT2D eigenvalue weighted by Crippen LogP contribution is 2.16. The van der Waals surface area contributed by atoms with Crippen LogP contribution in [0.15, 0.2) is 24.3 Å². The van der Waals surface area contributed by atoms with Gasteiger partial charge in [-0.05, 0) is 31.0 Å². The number of rotatable bonds is 2. The zero-order chi connectivity index (χ0) is 10.7. The molecule has 0 amide bonds. The van der Waals surface area contributed by atoms with Crippen LogP contribution in [0.5, 0.6) is 0 Å². The maximum atomic E-state index is 13.0. The minimum absolute atomic E-state index is 0.0634. The first-order valence-electron chi connectivity index (χ1n) is 5.25. The van der Waals surface area contributed by atoms with Crippen molar-refractivity contribution in [1.82, 2.24) is 5.32 Å². The quantitative estimate of drug-likeness (QED) is 0.801. The molecule has 0 bridgehead atoms. The second-order valence-electron chi connectivity index (χ2n) is 4.35. The molecule has 0 aliphatic carbocycles. The average molecular weight is 209 g/mol. The van der Waals surface area contributed by atoms with E-state index in [-0.39, 0.29) is 11.4 Å². The molecule has 0 spiro atoms. The molecule has 1 atom stereocenters. The Balaban J connectivity index is 2.06. The molecule has 0 saturated carbocycles. The molecule has 15 heavy (non-hydrogen) atoms. The van der Waals surface area contributed by atoms with Crippen LogP contribution in [0.4, 0.5) is 4.39 Å². The number of morpholine rings is 1. The van der Waals surface area contributed by atoms with Gasteiger partial charge in [0.05, 0.1) is 13.2 Å². The topological polar surface area (TPSA) is 21.3 Å². The number of halogens is 1. The number of ether oxygens (including phenoxy) is 1. The maximum Gasteiger partial charge on any atom is 0.123 e. The largest absolute Gasteiger partial charge is 0.378 e. The maximum absolute atomic E-state index is 13.0. The summed E-state index contributed by atoms with van der Waals surface area (Å²) in [6.07, 6.45) is 0.796. The van der Waals surface area contributed by atoms with Crippen molar-refractivity contribution < 1.29 is 9.13 Å². The molecule has 0 aromatic heterocycles. The first-order chi connectivity index (χ1) is 7.18. The lowest BCUT2D eigenvalue weighted by Crippen LogP contribution is -2.53. The molecule has 1 aromatic rings. The van der Waals surface area contributed by atoms with Crippen molar-refractivity contribution in [3.05, 3.63) is 35.6 Å². The summed E-state index contributed by atoms with van der Waals surface area (Å²) in [7, 11) is 0. The van der Waals surface area contributed by atoms with E-state index in [0.717, 1.165) is 25.1 Å². The van der Waals surface area contributed by atoms with Crippen LogP contribution in [0.25, 0.3) is 0 Å². The van der Waals surface area contributed by atoms with E-state index in [4.69, 9.17) is 4.74 Å². The van der Waals surface area contributed by atoms with Crippen molar-refractivity contribution in [3.8, 4) is 0 Å². The van der Waals surface area contributed by atoms with Gasteiger partial charge in [0.2, 0.25) is 0 Å². The molecule has 2 nitrogen and oxygen atoms in total. The molecule has 1 saturated heterocycles. The van der Waals surface area contributed by atoms with Crippen LogP contribution in [-0.2, 0) is 11.2 Å². The van der Waals surface area contributed by atoms with Crippen LogP contribution in [0.1, 0.15) is 12.5 Å². The van der Waals surface area contributed by atoms with Crippen molar-refractivity contribution in [3.63, 3.8) is 0 Å². The molecule has 1 fully saturated rings. The highest BCUT2D eigenvalue weighted by Gasteiger charge is 2.27. The van der Waals surface area contributed by atoms with Crippen LogP contribution in [0.3, 0.4) is 0 Å². The average Bonchev–Trinajstić information content (AvgIpc) is 2.18. The lowest BCUT2D eigenvalue weighted by atomic mass is 9.93. The molecule has 1 aliphatic heterocycles. The molecule has 82 valence electrons. The van der Waals surface area contributed by atoms with Gasteiger partial charge in [-0.3, -0.25) is 0 Å². The second-order valence-corrected chi connectivity index (χ2v) is 4.35. The summed E-state index contributed by atoms with van der Waals surface area (Å²) < 4.78 is 18.4. The molecule has 1 N–H and O–H groups in total. The summed E-state index contributed by atoms with van der Waals surface area (Å²) in [5.74, 6) is -0.173. The number of nitrogens with one attached hydrogen (secondary N) is 1. The summed E-state index contributed by atoms with van der Waals surface area (Å²) in [4.78, 5) is 0. The third kappa shape index (κ3) is 2.76. The van der Waals surface area contributed by atoms with Gasteiger partial charge in [-0.2, -0.15) is 0 Å². The fourth-order valence-electron chi connectivity index (χ4n) is 1.98. The third-order valence-corrected chi connectivity index (χ3v) is 2.70. The predicted molar refractivity (Wildman–Crippen MR) is 57.3 cm³/mol. The zero-order valence-electron chi connectivity index (χ0n) is 8.92. The minimum atomic E-state index is -0.173. The first-order valence-corrected chi connectivity index (χ1v) is 5.25. The summed E-state index contributed by atoms with van der Waals surface area (Å²) in [5, 5.41) is 3.42. The Morgan fingerprint density at radius 1 is 1.53 bits per heavy atom. The van der Waals surface area contributed by atoms with Crippen LogP contribution < -0.4 is 5.32 Å². The van der Waals surface area contributed by atoms with Crippen LogP contribution in [0.2, 0.25) is 0 Å². The fourth-order valence-corrected chi connectivity index (χ4v) is 1.98. The number of hydrogen-bond donors (Lipinski definition) is 1. The van der Waals surface area contributed by atoms with E-state index in [9.17, 15) is 4.39 Å². The first kappa shape index (κ1) is 10.6. The Hall–Kier alpha value is -0.930. The standard InChI is InChI=1S/C12H16FNO/c1-12(9-15-6-5-14-12)8-10-3-2-4-11(13)7-10/h2-4,7,14H,5-6,8-9H2,1H3.